The third-order valence-corrected chi connectivity index (χ3v) is 2.22. The minimum atomic E-state index is -0.346. The molecule has 1 heterocycles. The van der Waals surface area contributed by atoms with Crippen LogP contribution in [0.2, 0.25) is 0 Å². The van der Waals surface area contributed by atoms with Gasteiger partial charge in [-0.15, -0.1) is 0 Å². The molecule has 4 nitrogen and oxygen atoms in total. The maximum absolute atomic E-state index is 13.0. The van der Waals surface area contributed by atoms with Crippen LogP contribution in [0.15, 0.2) is 36.5 Å². The minimum Gasteiger partial charge on any atom is -0.494 e. The third kappa shape index (κ3) is 2.63. The molecule has 88 valence electrons. The molecule has 5 heteroatoms. The van der Waals surface area contributed by atoms with Crippen molar-refractivity contribution < 1.29 is 9.13 Å². The van der Waals surface area contributed by atoms with Gasteiger partial charge in [0.1, 0.15) is 17.4 Å². The third-order valence-electron chi connectivity index (χ3n) is 2.22. The number of nitrogen functional groups attached to an aromatic ring is 1. The zero-order valence-corrected chi connectivity index (χ0v) is 9.27. The molecule has 0 aliphatic rings. The molecule has 0 fully saturated rings. The Kier molecular flexibility index (Phi) is 3.09. The van der Waals surface area contributed by atoms with E-state index in [4.69, 9.17) is 10.5 Å². The van der Waals surface area contributed by atoms with Gasteiger partial charge in [-0.25, -0.2) is 9.37 Å². The van der Waals surface area contributed by atoms with Gasteiger partial charge in [0.15, 0.2) is 0 Å². The van der Waals surface area contributed by atoms with Crippen molar-refractivity contribution >= 4 is 17.2 Å². The highest BCUT2D eigenvalue weighted by Crippen LogP contribution is 2.28. The number of nitrogens with two attached hydrogens (primary N) is 1. The first-order valence-electron chi connectivity index (χ1n) is 5.01. The molecule has 0 atom stereocenters. The fourth-order valence-electron chi connectivity index (χ4n) is 1.45. The van der Waals surface area contributed by atoms with Gasteiger partial charge in [-0.2, -0.15) is 0 Å². The number of pyridine rings is 1. The average Bonchev–Trinajstić information content (AvgIpc) is 2.31. The molecule has 0 unspecified atom stereocenters. The number of hydrogen-bond donors (Lipinski definition) is 2. The first-order chi connectivity index (χ1) is 8.19. The number of nitrogens with one attached hydrogen (secondary N) is 1. The Balaban J connectivity index is 2.29. The van der Waals surface area contributed by atoms with Crippen LogP contribution in [0.25, 0.3) is 0 Å². The van der Waals surface area contributed by atoms with Gasteiger partial charge in [0, 0.05) is 24.0 Å². The summed E-state index contributed by atoms with van der Waals surface area (Å²) < 4.78 is 18.1. The molecule has 0 radical (unpaired) electrons. The van der Waals surface area contributed by atoms with Gasteiger partial charge >= 0.3 is 0 Å². The number of rotatable bonds is 3. The van der Waals surface area contributed by atoms with Crippen molar-refractivity contribution in [2.45, 2.75) is 0 Å². The Bertz CT molecular complexity index is 531. The monoisotopic (exact) mass is 233 g/mol. The summed E-state index contributed by atoms with van der Waals surface area (Å²) in [4.78, 5) is 3.88. The smallest absolute Gasteiger partial charge is 0.145 e. The number of benzene rings is 1. The van der Waals surface area contributed by atoms with Crippen LogP contribution >= 0.6 is 0 Å². The maximum Gasteiger partial charge on any atom is 0.145 e. The lowest BCUT2D eigenvalue weighted by molar-refractivity contribution is 0.413. The van der Waals surface area contributed by atoms with Gasteiger partial charge in [-0.1, -0.05) is 0 Å². The van der Waals surface area contributed by atoms with E-state index in [0.29, 0.717) is 17.3 Å². The summed E-state index contributed by atoms with van der Waals surface area (Å²) in [6.07, 6.45) is 1.59. The highest BCUT2D eigenvalue weighted by molar-refractivity contribution is 5.67. The van der Waals surface area contributed by atoms with Gasteiger partial charge in [0.25, 0.3) is 0 Å². The van der Waals surface area contributed by atoms with E-state index in [0.717, 1.165) is 5.69 Å². The highest BCUT2D eigenvalue weighted by Gasteiger charge is 2.04. The van der Waals surface area contributed by atoms with Crippen LogP contribution in [0.1, 0.15) is 0 Å². The second-order valence-electron chi connectivity index (χ2n) is 3.44. The molecule has 0 spiro atoms. The normalized spacial score (nSPS) is 10.0. The fraction of sp³-hybridized carbons (Fsp3) is 0.0833. The molecule has 0 aliphatic heterocycles. The number of nitrogens with zero attached hydrogens (tertiary/aromatic N) is 1. The second-order valence-corrected chi connectivity index (χ2v) is 3.44. The van der Waals surface area contributed by atoms with E-state index < -0.39 is 0 Å². The summed E-state index contributed by atoms with van der Waals surface area (Å²) in [5.74, 6) is 0.498. The van der Waals surface area contributed by atoms with Crippen LogP contribution in [0.3, 0.4) is 0 Å². The summed E-state index contributed by atoms with van der Waals surface area (Å²) in [5.41, 5.74) is 7.00. The van der Waals surface area contributed by atoms with Crippen LogP contribution in [0, 0.1) is 5.82 Å². The lowest BCUT2D eigenvalue weighted by Crippen LogP contribution is -1.97. The lowest BCUT2D eigenvalue weighted by atomic mass is 10.2. The predicted molar refractivity (Wildman–Crippen MR) is 64.9 cm³/mol. The molecule has 0 aliphatic carbocycles. The number of anilines is 3. The summed E-state index contributed by atoms with van der Waals surface area (Å²) in [6.45, 7) is 0. The average molecular weight is 233 g/mol. The van der Waals surface area contributed by atoms with Crippen LogP contribution in [0.4, 0.5) is 21.6 Å². The largest absolute Gasteiger partial charge is 0.494 e. The predicted octanol–water partition coefficient (Wildman–Crippen LogP) is 2.56. The number of halogens is 1. The first-order valence-corrected chi connectivity index (χ1v) is 5.01. The van der Waals surface area contributed by atoms with Crippen LogP contribution in [0.5, 0.6) is 5.75 Å². The van der Waals surface area contributed by atoms with E-state index in [9.17, 15) is 4.39 Å². The Hall–Kier alpha value is -2.30. The molecule has 1 aromatic heterocycles. The zero-order valence-electron chi connectivity index (χ0n) is 9.27. The van der Waals surface area contributed by atoms with Gasteiger partial charge < -0.3 is 15.8 Å². The van der Waals surface area contributed by atoms with Crippen molar-refractivity contribution in [3.63, 3.8) is 0 Å². The van der Waals surface area contributed by atoms with Crippen LogP contribution in [-0.4, -0.2) is 12.1 Å². The van der Waals surface area contributed by atoms with E-state index in [1.165, 1.54) is 19.2 Å². The molecule has 2 aromatic rings. The molecule has 0 saturated carbocycles. The topological polar surface area (TPSA) is 60.2 Å². The Morgan fingerprint density at radius 1 is 1.29 bits per heavy atom. The molecule has 0 saturated heterocycles. The first kappa shape index (κ1) is 11.2. The molecule has 0 amide bonds. The van der Waals surface area contributed by atoms with E-state index >= 15 is 0 Å². The van der Waals surface area contributed by atoms with Gasteiger partial charge in [0.2, 0.25) is 0 Å². The van der Waals surface area contributed by atoms with E-state index in [1.54, 1.807) is 24.4 Å². The Labute approximate surface area is 98.2 Å². The highest BCUT2D eigenvalue weighted by atomic mass is 19.1. The quantitative estimate of drug-likeness (QED) is 0.855. The van der Waals surface area contributed by atoms with Gasteiger partial charge in [-0.05, 0) is 18.2 Å². The van der Waals surface area contributed by atoms with Crippen molar-refractivity contribution in [2.24, 2.45) is 0 Å². The van der Waals surface area contributed by atoms with Crippen LogP contribution in [-0.2, 0) is 0 Å². The fourth-order valence-corrected chi connectivity index (χ4v) is 1.45. The molecular formula is C12H12FN3O. The standard InChI is InChI=1S/C12H12FN3O/c1-17-11-6-8(13)2-3-10(11)16-9-4-5-15-12(14)7-9/h2-7H,1H3,(H3,14,15,16). The molecule has 17 heavy (non-hydrogen) atoms. The Morgan fingerprint density at radius 2 is 2.12 bits per heavy atom. The molecular weight excluding hydrogens is 221 g/mol. The maximum atomic E-state index is 13.0. The van der Waals surface area contributed by atoms with Crippen molar-refractivity contribution in [3.05, 3.63) is 42.3 Å². The second kappa shape index (κ2) is 4.69. The van der Waals surface area contributed by atoms with Gasteiger partial charge in [0.05, 0.1) is 12.8 Å². The number of methoxy groups -OCH3 is 1. The SMILES string of the molecule is COc1cc(F)ccc1Nc1ccnc(N)c1. The molecule has 1 aromatic carbocycles. The van der Waals surface area contributed by atoms with Crippen LogP contribution < -0.4 is 15.8 Å². The van der Waals surface area contributed by atoms with Gasteiger partial charge in [-0.3, -0.25) is 0 Å². The summed E-state index contributed by atoms with van der Waals surface area (Å²) in [7, 11) is 1.49. The number of ether oxygens (including phenoxy) is 1. The Morgan fingerprint density at radius 3 is 2.82 bits per heavy atom. The van der Waals surface area contributed by atoms with Crippen molar-refractivity contribution in [2.75, 3.05) is 18.2 Å². The van der Waals surface area contributed by atoms with E-state index in [2.05, 4.69) is 10.3 Å². The van der Waals surface area contributed by atoms with Crippen molar-refractivity contribution in [1.82, 2.24) is 4.98 Å². The zero-order chi connectivity index (χ0) is 12.3. The number of aromatic nitrogens is 1. The summed E-state index contributed by atoms with van der Waals surface area (Å²) in [5, 5.41) is 3.08. The molecule has 3 N–H and O–H groups in total. The van der Waals surface area contributed by atoms with E-state index in [1.807, 2.05) is 0 Å². The van der Waals surface area contributed by atoms with Crippen molar-refractivity contribution in [1.29, 1.82) is 0 Å². The van der Waals surface area contributed by atoms with E-state index in [-0.39, 0.29) is 5.82 Å². The summed E-state index contributed by atoms with van der Waals surface area (Å²) in [6, 6.07) is 7.72. The lowest BCUT2D eigenvalue weighted by Gasteiger charge is -2.11. The molecule has 2 rings (SSSR count). The molecule has 0 bridgehead atoms. The van der Waals surface area contributed by atoms with Crippen molar-refractivity contribution in [3.8, 4) is 5.75 Å². The number of hydrogen-bond acceptors (Lipinski definition) is 4. The minimum absolute atomic E-state index is 0.346. The summed E-state index contributed by atoms with van der Waals surface area (Å²) >= 11 is 0.